The van der Waals surface area contributed by atoms with Gasteiger partial charge in [0.2, 0.25) is 0 Å². The van der Waals surface area contributed by atoms with Gasteiger partial charge in [-0.25, -0.2) is 0 Å². The molecule has 1 rings (SSSR count). The van der Waals surface area contributed by atoms with Gasteiger partial charge in [-0.1, -0.05) is 0 Å². The molecule has 0 saturated carbocycles. The summed E-state index contributed by atoms with van der Waals surface area (Å²) in [6, 6.07) is 2.19. The Morgan fingerprint density at radius 2 is 1.64 bits per heavy atom. The van der Waals surface area contributed by atoms with E-state index in [2.05, 4.69) is 37.0 Å². The van der Waals surface area contributed by atoms with Crippen LogP contribution in [-0.4, -0.2) is 13.0 Å². The van der Waals surface area contributed by atoms with Crippen molar-refractivity contribution in [2.75, 3.05) is 0 Å². The van der Waals surface area contributed by atoms with Gasteiger partial charge in [-0.05, 0) is 49.2 Å². The third kappa shape index (κ3) is 2.38. The summed E-state index contributed by atoms with van der Waals surface area (Å²) in [5.74, 6) is 0. The highest BCUT2D eigenvalue weighted by Gasteiger charge is 2.15. The normalized spacial score (nSPS) is 11.4. The van der Waals surface area contributed by atoms with Gasteiger partial charge >= 0.3 is 0 Å². The van der Waals surface area contributed by atoms with Crippen molar-refractivity contribution >= 4 is 47.7 Å². The van der Waals surface area contributed by atoms with Gasteiger partial charge in [-0.2, -0.15) is 8.42 Å². The highest BCUT2D eigenvalue weighted by atomic mass is 79.9. The molecular formula is C6H3Br2NO4S. The molecule has 0 radical (unpaired) electrons. The lowest BCUT2D eigenvalue weighted by Gasteiger charge is -2.01. The number of hydrogen-bond donors (Lipinski definition) is 1. The van der Waals surface area contributed by atoms with E-state index in [1.165, 1.54) is 0 Å². The number of halogens is 2. The summed E-state index contributed by atoms with van der Waals surface area (Å²) in [5, 5.41) is 2.67. The van der Waals surface area contributed by atoms with Crippen LogP contribution < -0.4 is 0 Å². The summed E-state index contributed by atoms with van der Waals surface area (Å²) >= 11 is 5.90. The molecule has 1 N–H and O–H groups in total. The van der Waals surface area contributed by atoms with E-state index in [-0.39, 0.29) is 19.5 Å². The van der Waals surface area contributed by atoms with Crippen LogP contribution in [0.1, 0.15) is 0 Å². The molecule has 0 heterocycles. The standard InChI is InChI=1S/C6H3Br2NO4S/c7-4-1-3(14(11,12)13)2-5(8)6(4)9-10/h1-2H,(H,11,12,13). The Hall–Kier alpha value is -0.310. The van der Waals surface area contributed by atoms with Crippen LogP contribution in [-0.2, 0) is 10.1 Å². The molecule has 0 spiro atoms. The smallest absolute Gasteiger partial charge is 0.282 e. The number of nitroso groups, excluding NO2 is 1. The molecule has 0 atom stereocenters. The maximum absolute atomic E-state index is 10.7. The maximum atomic E-state index is 10.7. The quantitative estimate of drug-likeness (QED) is 0.660. The average molecular weight is 345 g/mol. The van der Waals surface area contributed by atoms with Gasteiger partial charge in [0.1, 0.15) is 5.69 Å². The first-order valence-electron chi connectivity index (χ1n) is 3.16. The zero-order chi connectivity index (χ0) is 10.9. The van der Waals surface area contributed by atoms with E-state index in [9.17, 15) is 13.3 Å². The first-order chi connectivity index (χ1) is 6.36. The van der Waals surface area contributed by atoms with Crippen molar-refractivity contribution in [1.29, 1.82) is 0 Å². The zero-order valence-corrected chi connectivity index (χ0v) is 10.4. The number of rotatable bonds is 2. The van der Waals surface area contributed by atoms with Crippen LogP contribution in [0.5, 0.6) is 0 Å². The molecule has 0 amide bonds. The van der Waals surface area contributed by atoms with Crippen molar-refractivity contribution in [3.8, 4) is 0 Å². The largest absolute Gasteiger partial charge is 0.294 e. The number of nitrogens with zero attached hydrogens (tertiary/aromatic N) is 1. The lowest BCUT2D eigenvalue weighted by atomic mass is 10.3. The average Bonchev–Trinajstić information content (AvgIpc) is 2.01. The number of benzene rings is 1. The molecular weight excluding hydrogens is 342 g/mol. The molecule has 76 valence electrons. The Labute approximate surface area is 96.5 Å². The highest BCUT2D eigenvalue weighted by molar-refractivity contribution is 9.11. The topological polar surface area (TPSA) is 83.8 Å². The molecule has 5 nitrogen and oxygen atoms in total. The van der Waals surface area contributed by atoms with Crippen LogP contribution in [0.4, 0.5) is 5.69 Å². The van der Waals surface area contributed by atoms with Crippen LogP contribution in [0.25, 0.3) is 0 Å². The van der Waals surface area contributed by atoms with Crippen molar-refractivity contribution < 1.29 is 13.0 Å². The summed E-state index contributed by atoms with van der Waals surface area (Å²) in [5.41, 5.74) is 0.0393. The summed E-state index contributed by atoms with van der Waals surface area (Å²) < 4.78 is 30.6. The number of hydrogen-bond acceptors (Lipinski definition) is 4. The third-order valence-corrected chi connectivity index (χ3v) is 3.42. The highest BCUT2D eigenvalue weighted by Crippen LogP contribution is 2.35. The Morgan fingerprint density at radius 1 is 1.21 bits per heavy atom. The van der Waals surface area contributed by atoms with Crippen molar-refractivity contribution in [3.63, 3.8) is 0 Å². The summed E-state index contributed by atoms with van der Waals surface area (Å²) in [6.45, 7) is 0. The van der Waals surface area contributed by atoms with Gasteiger partial charge in [-0.3, -0.25) is 4.55 Å². The van der Waals surface area contributed by atoms with E-state index in [1.807, 2.05) is 0 Å². The van der Waals surface area contributed by atoms with Crippen LogP contribution in [0, 0.1) is 4.91 Å². The van der Waals surface area contributed by atoms with E-state index in [1.54, 1.807) is 0 Å². The van der Waals surface area contributed by atoms with Gasteiger partial charge in [0.25, 0.3) is 10.1 Å². The minimum atomic E-state index is -4.28. The molecule has 0 aliphatic carbocycles. The van der Waals surface area contributed by atoms with Crippen LogP contribution in [0.3, 0.4) is 0 Å². The van der Waals surface area contributed by atoms with Crippen molar-refractivity contribution in [2.24, 2.45) is 5.18 Å². The molecule has 0 aliphatic rings. The second kappa shape index (κ2) is 4.05. The van der Waals surface area contributed by atoms with E-state index in [0.717, 1.165) is 12.1 Å². The predicted octanol–water partition coefficient (Wildman–Crippen LogP) is 2.86. The molecule has 14 heavy (non-hydrogen) atoms. The molecule has 1 aromatic carbocycles. The Balaban J connectivity index is 3.50. The predicted molar refractivity (Wildman–Crippen MR) is 57.1 cm³/mol. The molecule has 0 unspecified atom stereocenters. The monoisotopic (exact) mass is 343 g/mol. The second-order valence-corrected chi connectivity index (χ2v) is 5.43. The molecule has 0 aromatic heterocycles. The fraction of sp³-hybridized carbons (Fsp3) is 0. The van der Waals surface area contributed by atoms with Crippen molar-refractivity contribution in [1.82, 2.24) is 0 Å². The van der Waals surface area contributed by atoms with Gasteiger partial charge in [0.15, 0.2) is 0 Å². The van der Waals surface area contributed by atoms with E-state index in [0.29, 0.717) is 0 Å². The minimum Gasteiger partial charge on any atom is -0.282 e. The van der Waals surface area contributed by atoms with E-state index < -0.39 is 10.1 Å². The third-order valence-electron chi connectivity index (χ3n) is 1.38. The lowest BCUT2D eigenvalue weighted by Crippen LogP contribution is -1.97. The van der Waals surface area contributed by atoms with Crippen molar-refractivity contribution in [2.45, 2.75) is 4.90 Å². The molecule has 0 saturated heterocycles. The first kappa shape index (κ1) is 11.8. The molecule has 0 aliphatic heterocycles. The Kier molecular flexibility index (Phi) is 3.40. The molecule has 0 fully saturated rings. The summed E-state index contributed by atoms with van der Waals surface area (Å²) in [4.78, 5) is 9.97. The fourth-order valence-electron chi connectivity index (χ4n) is 0.778. The van der Waals surface area contributed by atoms with E-state index in [4.69, 9.17) is 4.55 Å². The van der Waals surface area contributed by atoms with Crippen LogP contribution in [0.15, 0.2) is 31.2 Å². The SMILES string of the molecule is O=Nc1c(Br)cc(S(=O)(=O)O)cc1Br. The fourth-order valence-corrected chi connectivity index (χ4v) is 2.95. The van der Waals surface area contributed by atoms with Gasteiger partial charge < -0.3 is 0 Å². The minimum absolute atomic E-state index is 0.0393. The molecule has 8 heteroatoms. The second-order valence-electron chi connectivity index (χ2n) is 2.30. The summed E-state index contributed by atoms with van der Waals surface area (Å²) in [6.07, 6.45) is 0. The first-order valence-corrected chi connectivity index (χ1v) is 6.18. The maximum Gasteiger partial charge on any atom is 0.294 e. The van der Waals surface area contributed by atoms with Crippen LogP contribution in [0.2, 0.25) is 0 Å². The zero-order valence-electron chi connectivity index (χ0n) is 6.44. The Morgan fingerprint density at radius 3 is 1.93 bits per heavy atom. The van der Waals surface area contributed by atoms with Crippen LogP contribution >= 0.6 is 31.9 Å². The van der Waals surface area contributed by atoms with Gasteiger partial charge in [0, 0.05) is 8.95 Å². The van der Waals surface area contributed by atoms with Gasteiger partial charge in [-0.15, -0.1) is 4.91 Å². The van der Waals surface area contributed by atoms with E-state index >= 15 is 0 Å². The Bertz CT molecular complexity index is 462. The lowest BCUT2D eigenvalue weighted by molar-refractivity contribution is 0.483. The molecule has 0 bridgehead atoms. The van der Waals surface area contributed by atoms with Gasteiger partial charge in [0.05, 0.1) is 4.90 Å². The van der Waals surface area contributed by atoms with Crippen molar-refractivity contribution in [3.05, 3.63) is 26.0 Å². The summed E-state index contributed by atoms with van der Waals surface area (Å²) in [7, 11) is -4.28. The molecule has 1 aromatic rings.